The van der Waals surface area contributed by atoms with Crippen molar-refractivity contribution in [3.63, 3.8) is 0 Å². The molecule has 0 radical (unpaired) electrons. The summed E-state index contributed by atoms with van der Waals surface area (Å²) in [6, 6.07) is -0.258. The predicted molar refractivity (Wildman–Crippen MR) is 76.1 cm³/mol. The summed E-state index contributed by atoms with van der Waals surface area (Å²) in [6.45, 7) is 4.03. The highest BCUT2D eigenvalue weighted by atomic mass is 16.2. The second-order valence-electron chi connectivity index (χ2n) is 6.53. The first-order chi connectivity index (χ1) is 9.61. The number of piperidine rings is 1. The highest BCUT2D eigenvalue weighted by molar-refractivity contribution is 5.97. The first-order valence-corrected chi connectivity index (χ1v) is 7.93. The van der Waals surface area contributed by atoms with Crippen LogP contribution in [-0.2, 0) is 9.59 Å². The molecule has 2 atom stereocenters. The summed E-state index contributed by atoms with van der Waals surface area (Å²) < 4.78 is 0. The first kappa shape index (κ1) is 13.9. The third-order valence-corrected chi connectivity index (χ3v) is 5.02. The molecule has 3 aliphatic rings. The number of carbonyl (C=O) groups is 2. The van der Waals surface area contributed by atoms with Gasteiger partial charge in [-0.1, -0.05) is 6.92 Å². The van der Waals surface area contributed by atoms with Gasteiger partial charge in [0, 0.05) is 6.04 Å². The van der Waals surface area contributed by atoms with E-state index in [9.17, 15) is 9.59 Å². The molecular formula is C15H25N3O2. The number of piperazine rings is 1. The van der Waals surface area contributed by atoms with E-state index in [0.717, 1.165) is 38.8 Å². The largest absolute Gasteiger partial charge is 0.342 e. The minimum Gasteiger partial charge on any atom is -0.342 e. The van der Waals surface area contributed by atoms with Crippen molar-refractivity contribution in [1.29, 1.82) is 0 Å². The van der Waals surface area contributed by atoms with E-state index in [2.05, 4.69) is 17.3 Å². The van der Waals surface area contributed by atoms with Gasteiger partial charge in [0.2, 0.25) is 11.8 Å². The molecule has 20 heavy (non-hydrogen) atoms. The Morgan fingerprint density at radius 3 is 2.35 bits per heavy atom. The van der Waals surface area contributed by atoms with Crippen molar-refractivity contribution in [2.75, 3.05) is 20.1 Å². The molecule has 0 aromatic carbocycles. The molecule has 0 bridgehead atoms. The Balaban J connectivity index is 1.79. The maximum atomic E-state index is 12.8. The Morgan fingerprint density at radius 2 is 1.80 bits per heavy atom. The van der Waals surface area contributed by atoms with E-state index in [1.54, 1.807) is 0 Å². The first-order valence-electron chi connectivity index (χ1n) is 7.93. The summed E-state index contributed by atoms with van der Waals surface area (Å²) in [5, 5.41) is 2.97. The fourth-order valence-corrected chi connectivity index (χ4v) is 3.59. The average Bonchev–Trinajstić information content (AvgIpc) is 3.26. The monoisotopic (exact) mass is 279 g/mol. The lowest BCUT2D eigenvalue weighted by Gasteiger charge is -2.45. The van der Waals surface area contributed by atoms with E-state index in [1.807, 2.05) is 11.8 Å². The molecule has 5 heteroatoms. The maximum Gasteiger partial charge on any atom is 0.246 e. The smallest absolute Gasteiger partial charge is 0.246 e. The van der Waals surface area contributed by atoms with Crippen LogP contribution < -0.4 is 5.32 Å². The van der Waals surface area contributed by atoms with Crippen molar-refractivity contribution < 1.29 is 9.59 Å². The number of amides is 2. The number of likely N-dealkylation sites (tertiary alicyclic amines) is 1. The van der Waals surface area contributed by atoms with Crippen LogP contribution in [0.5, 0.6) is 0 Å². The fourth-order valence-electron chi connectivity index (χ4n) is 3.59. The van der Waals surface area contributed by atoms with E-state index in [-0.39, 0.29) is 29.9 Å². The number of hydrogen-bond acceptors (Lipinski definition) is 3. The number of hydrogen-bond donors (Lipinski definition) is 1. The van der Waals surface area contributed by atoms with Crippen molar-refractivity contribution in [3.8, 4) is 0 Å². The molecule has 5 nitrogen and oxygen atoms in total. The zero-order valence-corrected chi connectivity index (χ0v) is 12.5. The summed E-state index contributed by atoms with van der Waals surface area (Å²) in [7, 11) is 2.12. The zero-order chi connectivity index (χ0) is 14.3. The van der Waals surface area contributed by atoms with Crippen LogP contribution in [0.25, 0.3) is 0 Å². The Hall–Kier alpha value is -1.10. The molecule has 112 valence electrons. The van der Waals surface area contributed by atoms with Crippen LogP contribution in [-0.4, -0.2) is 59.9 Å². The summed E-state index contributed by atoms with van der Waals surface area (Å²) in [6.07, 6.45) is 4.84. The third kappa shape index (κ3) is 2.43. The van der Waals surface area contributed by atoms with E-state index in [4.69, 9.17) is 0 Å². The Morgan fingerprint density at radius 1 is 1.15 bits per heavy atom. The van der Waals surface area contributed by atoms with Crippen LogP contribution in [0.15, 0.2) is 0 Å². The van der Waals surface area contributed by atoms with Crippen LogP contribution in [0.4, 0.5) is 0 Å². The maximum absolute atomic E-state index is 12.8. The molecule has 1 aliphatic carbocycles. The second kappa shape index (κ2) is 5.35. The van der Waals surface area contributed by atoms with E-state index < -0.39 is 0 Å². The molecule has 2 heterocycles. The standard InChI is InChI=1S/C15H25N3O2/c1-3-12-14(19)16-13(10-4-5-10)15(20)18(12)11-6-8-17(2)9-7-11/h10-13H,3-9H2,1-2H3,(H,16,19). The highest BCUT2D eigenvalue weighted by Gasteiger charge is 2.48. The number of nitrogens with zero attached hydrogens (tertiary/aromatic N) is 2. The summed E-state index contributed by atoms with van der Waals surface area (Å²) in [4.78, 5) is 29.4. The predicted octanol–water partition coefficient (Wildman–Crippen LogP) is 0.596. The Kier molecular flexibility index (Phi) is 3.71. The van der Waals surface area contributed by atoms with Gasteiger partial charge in [-0.3, -0.25) is 9.59 Å². The Bertz CT molecular complexity index is 400. The van der Waals surface area contributed by atoms with Crippen molar-refractivity contribution in [2.24, 2.45) is 5.92 Å². The van der Waals surface area contributed by atoms with Crippen molar-refractivity contribution >= 4 is 11.8 Å². The molecule has 1 saturated carbocycles. The molecule has 2 amide bonds. The van der Waals surface area contributed by atoms with E-state index >= 15 is 0 Å². The van der Waals surface area contributed by atoms with Crippen molar-refractivity contribution in [1.82, 2.24) is 15.1 Å². The van der Waals surface area contributed by atoms with Gasteiger partial charge in [-0.25, -0.2) is 0 Å². The van der Waals surface area contributed by atoms with Crippen LogP contribution in [0, 0.1) is 5.92 Å². The zero-order valence-electron chi connectivity index (χ0n) is 12.5. The third-order valence-electron chi connectivity index (χ3n) is 5.02. The van der Waals surface area contributed by atoms with Gasteiger partial charge in [-0.05, 0) is 58.2 Å². The van der Waals surface area contributed by atoms with Gasteiger partial charge in [0.1, 0.15) is 12.1 Å². The van der Waals surface area contributed by atoms with Crippen LogP contribution in [0.3, 0.4) is 0 Å². The summed E-state index contributed by atoms with van der Waals surface area (Å²) >= 11 is 0. The number of carbonyl (C=O) groups excluding carboxylic acids is 2. The minimum atomic E-state index is -0.258. The highest BCUT2D eigenvalue weighted by Crippen LogP contribution is 2.36. The van der Waals surface area contributed by atoms with Gasteiger partial charge in [0.05, 0.1) is 0 Å². The molecule has 0 aromatic heterocycles. The van der Waals surface area contributed by atoms with Gasteiger partial charge in [0.25, 0.3) is 0 Å². The number of rotatable bonds is 3. The van der Waals surface area contributed by atoms with E-state index in [1.165, 1.54) is 0 Å². The van der Waals surface area contributed by atoms with Crippen LogP contribution in [0.1, 0.15) is 39.0 Å². The lowest BCUT2D eigenvalue weighted by Crippen LogP contribution is -2.67. The van der Waals surface area contributed by atoms with Gasteiger partial charge >= 0.3 is 0 Å². The summed E-state index contributed by atoms with van der Waals surface area (Å²) in [5.74, 6) is 0.620. The van der Waals surface area contributed by atoms with Gasteiger partial charge < -0.3 is 15.1 Å². The fraction of sp³-hybridized carbons (Fsp3) is 0.867. The Labute approximate surface area is 120 Å². The van der Waals surface area contributed by atoms with Crippen LogP contribution in [0.2, 0.25) is 0 Å². The molecular weight excluding hydrogens is 254 g/mol. The topological polar surface area (TPSA) is 52.7 Å². The molecule has 0 spiro atoms. The normalized spacial score (nSPS) is 33.4. The second-order valence-corrected chi connectivity index (χ2v) is 6.53. The molecule has 2 unspecified atom stereocenters. The van der Waals surface area contributed by atoms with Crippen LogP contribution >= 0.6 is 0 Å². The van der Waals surface area contributed by atoms with Gasteiger partial charge in [-0.2, -0.15) is 0 Å². The molecule has 3 rings (SSSR count). The molecule has 3 fully saturated rings. The van der Waals surface area contributed by atoms with Gasteiger partial charge in [-0.15, -0.1) is 0 Å². The van der Waals surface area contributed by atoms with Crippen molar-refractivity contribution in [3.05, 3.63) is 0 Å². The van der Waals surface area contributed by atoms with Crippen molar-refractivity contribution in [2.45, 2.75) is 57.2 Å². The SMILES string of the molecule is CCC1C(=O)NC(C2CC2)C(=O)N1C1CCN(C)CC1. The molecule has 1 N–H and O–H groups in total. The molecule has 0 aromatic rings. The molecule has 2 aliphatic heterocycles. The minimum absolute atomic E-state index is 0.0583. The van der Waals surface area contributed by atoms with Gasteiger partial charge in [0.15, 0.2) is 0 Å². The summed E-state index contributed by atoms with van der Waals surface area (Å²) in [5.41, 5.74) is 0. The lowest BCUT2D eigenvalue weighted by molar-refractivity contribution is -0.154. The quantitative estimate of drug-likeness (QED) is 0.823. The lowest BCUT2D eigenvalue weighted by atomic mass is 9.95. The van der Waals surface area contributed by atoms with E-state index in [0.29, 0.717) is 12.3 Å². The average molecular weight is 279 g/mol. The molecule has 2 saturated heterocycles. The number of nitrogens with one attached hydrogen (secondary N) is 1.